The number of hydrogen-bond donors (Lipinski definition) is 1. The fourth-order valence-electron chi connectivity index (χ4n) is 2.66. The first-order valence-corrected chi connectivity index (χ1v) is 7.69. The third-order valence-corrected chi connectivity index (χ3v) is 3.90. The Morgan fingerprint density at radius 2 is 1.48 bits per heavy atom. The molecule has 0 saturated heterocycles. The molecule has 0 spiro atoms. The highest BCUT2D eigenvalue weighted by Crippen LogP contribution is 2.32. The summed E-state index contributed by atoms with van der Waals surface area (Å²) in [7, 11) is 0. The largest absolute Gasteiger partial charge is 0.507 e. The van der Waals surface area contributed by atoms with Gasteiger partial charge in [0.15, 0.2) is 5.78 Å². The van der Waals surface area contributed by atoms with E-state index in [9.17, 15) is 9.90 Å². The van der Waals surface area contributed by atoms with E-state index in [4.69, 9.17) is 0 Å². The van der Waals surface area contributed by atoms with E-state index in [0.29, 0.717) is 18.4 Å². The monoisotopic (exact) mass is 302 g/mol. The summed E-state index contributed by atoms with van der Waals surface area (Å²) in [5, 5.41) is 10.3. The average Bonchev–Trinajstić information content (AvgIpc) is 2.95. The van der Waals surface area contributed by atoms with E-state index >= 15 is 0 Å². The third kappa shape index (κ3) is 3.67. The van der Waals surface area contributed by atoms with Gasteiger partial charge in [0.2, 0.25) is 0 Å². The van der Waals surface area contributed by atoms with Crippen molar-refractivity contribution in [3.63, 3.8) is 0 Å². The maximum atomic E-state index is 12.3. The van der Waals surface area contributed by atoms with Crippen molar-refractivity contribution in [3.8, 4) is 0 Å². The Balaban J connectivity index is 1.79. The summed E-state index contributed by atoms with van der Waals surface area (Å²) in [6.07, 6.45) is 6.54. The van der Waals surface area contributed by atoms with Gasteiger partial charge in [0.1, 0.15) is 5.76 Å². The average molecular weight is 302 g/mol. The highest BCUT2D eigenvalue weighted by Gasteiger charge is 2.23. The smallest absolute Gasteiger partial charge is 0.185 e. The zero-order chi connectivity index (χ0) is 16.1. The van der Waals surface area contributed by atoms with Crippen LogP contribution in [0.15, 0.2) is 83.6 Å². The lowest BCUT2D eigenvalue weighted by Crippen LogP contribution is -1.98. The zero-order valence-electron chi connectivity index (χ0n) is 12.8. The molecule has 0 heterocycles. The summed E-state index contributed by atoms with van der Waals surface area (Å²) in [5.74, 6) is 0.0133. The number of aliphatic hydroxyl groups is 1. The van der Waals surface area contributed by atoms with Crippen LogP contribution in [0, 0.1) is 0 Å². The number of carbonyl (C=O) groups excluding carboxylic acids is 1. The Morgan fingerprint density at radius 3 is 2.13 bits per heavy atom. The van der Waals surface area contributed by atoms with Crippen molar-refractivity contribution in [1.82, 2.24) is 0 Å². The van der Waals surface area contributed by atoms with E-state index in [2.05, 4.69) is 0 Å². The lowest BCUT2D eigenvalue weighted by Gasteiger charge is -2.00. The molecule has 2 aromatic rings. The molecule has 0 saturated carbocycles. The second kappa shape index (κ2) is 6.93. The molecule has 114 valence electrons. The van der Waals surface area contributed by atoms with Gasteiger partial charge in [-0.25, -0.2) is 0 Å². The van der Waals surface area contributed by atoms with Crippen molar-refractivity contribution in [3.05, 3.63) is 94.8 Å². The molecule has 1 N–H and O–H groups in total. The number of aliphatic hydroxyl groups excluding tert-OH is 1. The Hall–Kier alpha value is -2.87. The first kappa shape index (κ1) is 15.0. The van der Waals surface area contributed by atoms with Crippen molar-refractivity contribution >= 4 is 17.9 Å². The molecule has 0 aliphatic heterocycles. The predicted molar refractivity (Wildman–Crippen MR) is 93.8 cm³/mol. The van der Waals surface area contributed by atoms with E-state index in [1.807, 2.05) is 66.7 Å². The summed E-state index contributed by atoms with van der Waals surface area (Å²) in [6, 6.07) is 19.5. The Labute approximate surface area is 136 Å². The fraction of sp³-hybridized carbons (Fsp3) is 0.0952. The molecule has 0 atom stereocenters. The molecule has 2 heteroatoms. The van der Waals surface area contributed by atoms with Crippen molar-refractivity contribution in [2.75, 3.05) is 0 Å². The van der Waals surface area contributed by atoms with Crippen LogP contribution in [0.25, 0.3) is 12.2 Å². The molecule has 0 fully saturated rings. The number of rotatable bonds is 4. The van der Waals surface area contributed by atoms with Crippen LogP contribution in [0.2, 0.25) is 0 Å². The number of ketones is 1. The van der Waals surface area contributed by atoms with Gasteiger partial charge in [-0.05, 0) is 41.7 Å². The molecule has 0 unspecified atom stereocenters. The quantitative estimate of drug-likeness (QED) is 0.811. The van der Waals surface area contributed by atoms with Crippen LogP contribution in [-0.4, -0.2) is 10.9 Å². The first-order valence-electron chi connectivity index (χ1n) is 7.69. The Morgan fingerprint density at radius 1 is 0.870 bits per heavy atom. The van der Waals surface area contributed by atoms with E-state index in [1.54, 1.807) is 6.08 Å². The molecule has 23 heavy (non-hydrogen) atoms. The SMILES string of the molecule is O=C(/C=C/c1ccccc1)C1=C(O)/C(=C/c2ccccc2)CC1. The van der Waals surface area contributed by atoms with Crippen LogP contribution < -0.4 is 0 Å². The van der Waals surface area contributed by atoms with Crippen LogP contribution in [0.1, 0.15) is 24.0 Å². The normalized spacial score (nSPS) is 16.4. The standard InChI is InChI=1S/C21H18O2/c22-20(14-11-16-7-3-1-4-8-16)19-13-12-18(21(19)23)15-17-9-5-2-6-10-17/h1-11,14-15,23H,12-13H2/b14-11+,18-15+. The van der Waals surface area contributed by atoms with Crippen molar-refractivity contribution in [1.29, 1.82) is 0 Å². The fourth-order valence-corrected chi connectivity index (χ4v) is 2.66. The maximum absolute atomic E-state index is 12.3. The molecule has 0 radical (unpaired) electrons. The summed E-state index contributed by atoms with van der Waals surface area (Å²) in [5.41, 5.74) is 3.33. The van der Waals surface area contributed by atoms with E-state index in [0.717, 1.165) is 16.7 Å². The second-order valence-corrected chi connectivity index (χ2v) is 5.52. The molecular weight excluding hydrogens is 284 g/mol. The van der Waals surface area contributed by atoms with Crippen LogP contribution in [0.5, 0.6) is 0 Å². The van der Waals surface area contributed by atoms with E-state index < -0.39 is 0 Å². The van der Waals surface area contributed by atoms with Crippen molar-refractivity contribution in [2.45, 2.75) is 12.8 Å². The van der Waals surface area contributed by atoms with Gasteiger partial charge in [0.05, 0.1) is 0 Å². The molecule has 1 aliphatic rings. The van der Waals surface area contributed by atoms with E-state index in [1.165, 1.54) is 6.08 Å². The molecule has 2 aromatic carbocycles. The van der Waals surface area contributed by atoms with Gasteiger partial charge < -0.3 is 5.11 Å². The van der Waals surface area contributed by atoms with Crippen LogP contribution in [0.3, 0.4) is 0 Å². The predicted octanol–water partition coefficient (Wildman–Crippen LogP) is 4.96. The van der Waals surface area contributed by atoms with Gasteiger partial charge in [-0.3, -0.25) is 4.79 Å². The minimum atomic E-state index is -0.122. The molecule has 2 nitrogen and oxygen atoms in total. The van der Waals surface area contributed by atoms with Gasteiger partial charge in [-0.2, -0.15) is 0 Å². The zero-order valence-corrected chi connectivity index (χ0v) is 12.8. The van der Waals surface area contributed by atoms with Gasteiger partial charge in [0, 0.05) is 5.57 Å². The maximum Gasteiger partial charge on any atom is 0.185 e. The van der Waals surface area contributed by atoms with Crippen LogP contribution >= 0.6 is 0 Å². The summed E-state index contributed by atoms with van der Waals surface area (Å²) in [6.45, 7) is 0. The van der Waals surface area contributed by atoms with Gasteiger partial charge in [-0.1, -0.05) is 66.7 Å². The van der Waals surface area contributed by atoms with Gasteiger partial charge >= 0.3 is 0 Å². The molecule has 0 aromatic heterocycles. The lowest BCUT2D eigenvalue weighted by atomic mass is 10.1. The van der Waals surface area contributed by atoms with E-state index in [-0.39, 0.29) is 11.5 Å². The van der Waals surface area contributed by atoms with Crippen molar-refractivity contribution < 1.29 is 9.90 Å². The third-order valence-electron chi connectivity index (χ3n) is 3.90. The topological polar surface area (TPSA) is 37.3 Å². The number of benzene rings is 2. The molecule has 3 rings (SSSR count). The van der Waals surface area contributed by atoms with Gasteiger partial charge in [0.25, 0.3) is 0 Å². The van der Waals surface area contributed by atoms with Gasteiger partial charge in [-0.15, -0.1) is 0 Å². The van der Waals surface area contributed by atoms with Crippen LogP contribution in [-0.2, 0) is 4.79 Å². The van der Waals surface area contributed by atoms with Crippen molar-refractivity contribution in [2.24, 2.45) is 0 Å². The highest BCUT2D eigenvalue weighted by atomic mass is 16.3. The number of carbonyl (C=O) groups is 1. The summed E-state index contributed by atoms with van der Waals surface area (Å²) >= 11 is 0. The first-order chi connectivity index (χ1) is 11.2. The number of hydrogen-bond acceptors (Lipinski definition) is 2. The lowest BCUT2D eigenvalue weighted by molar-refractivity contribution is -0.111. The molecule has 1 aliphatic carbocycles. The number of allylic oxidation sites excluding steroid dienone is 3. The summed E-state index contributed by atoms with van der Waals surface area (Å²) < 4.78 is 0. The minimum Gasteiger partial charge on any atom is -0.507 e. The summed E-state index contributed by atoms with van der Waals surface area (Å²) in [4.78, 5) is 12.3. The van der Waals surface area contributed by atoms with Crippen LogP contribution in [0.4, 0.5) is 0 Å². The minimum absolute atomic E-state index is 0.122. The molecule has 0 bridgehead atoms. The second-order valence-electron chi connectivity index (χ2n) is 5.52. The molecule has 0 amide bonds. The highest BCUT2D eigenvalue weighted by molar-refractivity contribution is 6.07. The molecular formula is C21H18O2. The Kier molecular flexibility index (Phi) is 4.53. The Bertz CT molecular complexity index is 781.